The minimum atomic E-state index is -1.17. The van der Waals surface area contributed by atoms with Gasteiger partial charge in [0.2, 0.25) is 0 Å². The summed E-state index contributed by atoms with van der Waals surface area (Å²) in [6.07, 6.45) is 1.15. The molecule has 86 valence electrons. The van der Waals surface area contributed by atoms with Crippen LogP contribution in [0.15, 0.2) is 12.2 Å². The fourth-order valence-electron chi connectivity index (χ4n) is 1.75. The lowest BCUT2D eigenvalue weighted by molar-refractivity contribution is -0.228. The summed E-state index contributed by atoms with van der Waals surface area (Å²) >= 11 is 0. The molecule has 0 aromatic carbocycles. The monoisotopic (exact) mass is 216 g/mol. The van der Waals surface area contributed by atoms with Gasteiger partial charge >= 0.3 is 0 Å². The number of hydrogen-bond acceptors (Lipinski definition) is 5. The van der Waals surface area contributed by atoms with Gasteiger partial charge in [-0.15, -0.1) is 0 Å². The molecule has 15 heavy (non-hydrogen) atoms. The number of rotatable bonds is 2. The Balaban J connectivity index is 1.95. The lowest BCUT2D eigenvalue weighted by Crippen LogP contribution is -2.45. The van der Waals surface area contributed by atoms with Crippen molar-refractivity contribution < 1.29 is 24.4 Å². The van der Waals surface area contributed by atoms with Crippen molar-refractivity contribution in [3.8, 4) is 0 Å². The van der Waals surface area contributed by atoms with Crippen molar-refractivity contribution in [2.75, 3.05) is 6.61 Å². The lowest BCUT2D eigenvalue weighted by atomic mass is 10.1. The van der Waals surface area contributed by atoms with Crippen molar-refractivity contribution in [3.63, 3.8) is 0 Å². The Morgan fingerprint density at radius 1 is 1.33 bits per heavy atom. The zero-order chi connectivity index (χ0) is 10.8. The zero-order valence-electron chi connectivity index (χ0n) is 8.57. The average molecular weight is 216 g/mol. The number of fused-ring (bicyclic) bond motifs is 1. The smallest absolute Gasteiger partial charge is 0.184 e. The van der Waals surface area contributed by atoms with Crippen LogP contribution in [0.2, 0.25) is 0 Å². The van der Waals surface area contributed by atoms with E-state index in [1.165, 1.54) is 0 Å². The predicted octanol–water partition coefficient (Wildman–Crippen LogP) is -0.228. The van der Waals surface area contributed by atoms with Gasteiger partial charge in [-0.05, 0) is 12.5 Å². The minimum absolute atomic E-state index is 0.331. The molecule has 0 spiro atoms. The van der Waals surface area contributed by atoms with Crippen LogP contribution >= 0.6 is 0 Å². The molecule has 0 saturated carbocycles. The van der Waals surface area contributed by atoms with Crippen molar-refractivity contribution in [2.24, 2.45) is 0 Å². The first kappa shape index (κ1) is 11.0. The van der Waals surface area contributed by atoms with Gasteiger partial charge in [0.25, 0.3) is 0 Å². The molecule has 2 rings (SSSR count). The van der Waals surface area contributed by atoms with Crippen molar-refractivity contribution >= 4 is 0 Å². The summed E-state index contributed by atoms with van der Waals surface area (Å²) in [5, 5.41) is 18.8. The SMILES string of the molecule is CC/C=C/C1OC[C@H]2OC(O)[C@H](O)[C@H]2O1. The van der Waals surface area contributed by atoms with Gasteiger partial charge in [-0.3, -0.25) is 0 Å². The van der Waals surface area contributed by atoms with E-state index in [1.54, 1.807) is 6.08 Å². The molecule has 2 fully saturated rings. The van der Waals surface area contributed by atoms with Crippen molar-refractivity contribution in [1.82, 2.24) is 0 Å². The van der Waals surface area contributed by atoms with E-state index in [9.17, 15) is 10.2 Å². The van der Waals surface area contributed by atoms with Gasteiger partial charge in [0.15, 0.2) is 12.6 Å². The van der Waals surface area contributed by atoms with Crippen molar-refractivity contribution in [2.45, 2.75) is 44.2 Å². The maximum atomic E-state index is 9.56. The average Bonchev–Trinajstić information content (AvgIpc) is 2.52. The molecule has 2 aliphatic rings. The molecule has 5 heteroatoms. The Hall–Kier alpha value is -0.460. The summed E-state index contributed by atoms with van der Waals surface area (Å²) in [5.74, 6) is 0. The van der Waals surface area contributed by atoms with Crippen LogP contribution in [0.3, 0.4) is 0 Å². The van der Waals surface area contributed by atoms with Gasteiger partial charge in [0, 0.05) is 0 Å². The van der Waals surface area contributed by atoms with Gasteiger partial charge in [-0.1, -0.05) is 13.0 Å². The minimum Gasteiger partial charge on any atom is -0.385 e. The zero-order valence-corrected chi connectivity index (χ0v) is 8.57. The Bertz CT molecular complexity index is 242. The number of ether oxygens (including phenoxy) is 3. The van der Waals surface area contributed by atoms with Crippen LogP contribution in [0, 0.1) is 0 Å². The van der Waals surface area contributed by atoms with Crippen molar-refractivity contribution in [3.05, 3.63) is 12.2 Å². The van der Waals surface area contributed by atoms with Crippen LogP contribution in [0.25, 0.3) is 0 Å². The molecular weight excluding hydrogens is 200 g/mol. The molecule has 0 bridgehead atoms. The molecule has 0 aromatic heterocycles. The molecule has 0 aromatic rings. The molecule has 2 saturated heterocycles. The summed E-state index contributed by atoms with van der Waals surface area (Å²) in [7, 11) is 0. The first-order valence-corrected chi connectivity index (χ1v) is 5.17. The second-order valence-corrected chi connectivity index (χ2v) is 3.69. The third-order valence-corrected chi connectivity index (χ3v) is 2.55. The van der Waals surface area contributed by atoms with Crippen LogP contribution in [0.1, 0.15) is 13.3 Å². The molecule has 5 atom stereocenters. The summed E-state index contributed by atoms with van der Waals surface area (Å²) in [5.41, 5.74) is 0. The lowest BCUT2D eigenvalue weighted by Gasteiger charge is -2.30. The predicted molar refractivity (Wildman–Crippen MR) is 50.9 cm³/mol. The maximum absolute atomic E-state index is 9.56. The maximum Gasteiger partial charge on any atom is 0.184 e. The summed E-state index contributed by atoms with van der Waals surface area (Å²) in [6.45, 7) is 2.34. The molecule has 5 nitrogen and oxygen atoms in total. The van der Waals surface area contributed by atoms with E-state index < -0.39 is 24.8 Å². The van der Waals surface area contributed by atoms with Crippen LogP contribution in [0.4, 0.5) is 0 Å². The quantitative estimate of drug-likeness (QED) is 0.624. The second kappa shape index (κ2) is 4.59. The van der Waals surface area contributed by atoms with Gasteiger partial charge < -0.3 is 24.4 Å². The van der Waals surface area contributed by atoms with Gasteiger partial charge in [0.05, 0.1) is 6.61 Å². The van der Waals surface area contributed by atoms with E-state index in [4.69, 9.17) is 14.2 Å². The first-order valence-electron chi connectivity index (χ1n) is 5.17. The van der Waals surface area contributed by atoms with E-state index in [-0.39, 0.29) is 6.10 Å². The molecule has 0 amide bonds. The van der Waals surface area contributed by atoms with Crippen LogP contribution in [0.5, 0.6) is 0 Å². The Labute approximate surface area is 88.3 Å². The highest BCUT2D eigenvalue weighted by Gasteiger charge is 2.47. The number of aliphatic hydroxyl groups excluding tert-OH is 2. The Morgan fingerprint density at radius 2 is 2.13 bits per heavy atom. The van der Waals surface area contributed by atoms with E-state index in [0.29, 0.717) is 6.61 Å². The van der Waals surface area contributed by atoms with E-state index in [2.05, 4.69) is 0 Å². The molecule has 2 heterocycles. The third-order valence-electron chi connectivity index (χ3n) is 2.55. The largest absolute Gasteiger partial charge is 0.385 e. The standard InChI is InChI=1S/C10H16O5/c1-2-3-4-7-13-5-6-9(15-7)8(11)10(12)14-6/h3-4,6-12H,2,5H2,1H3/b4-3+/t6-,7?,8-,9+,10?/m1/s1. The Morgan fingerprint density at radius 3 is 2.87 bits per heavy atom. The summed E-state index contributed by atoms with van der Waals surface area (Å²) < 4.78 is 15.8. The fraction of sp³-hybridized carbons (Fsp3) is 0.800. The Kier molecular flexibility index (Phi) is 3.38. The topological polar surface area (TPSA) is 68.2 Å². The van der Waals surface area contributed by atoms with E-state index >= 15 is 0 Å². The van der Waals surface area contributed by atoms with Crippen LogP contribution in [-0.2, 0) is 14.2 Å². The molecule has 0 aliphatic carbocycles. The third kappa shape index (κ3) is 2.21. The summed E-state index contributed by atoms with van der Waals surface area (Å²) in [4.78, 5) is 0. The molecule has 2 N–H and O–H groups in total. The van der Waals surface area contributed by atoms with E-state index in [1.807, 2.05) is 13.0 Å². The second-order valence-electron chi connectivity index (χ2n) is 3.69. The number of allylic oxidation sites excluding steroid dienone is 1. The van der Waals surface area contributed by atoms with Gasteiger partial charge in [0.1, 0.15) is 18.3 Å². The number of aliphatic hydroxyl groups is 2. The molecule has 0 radical (unpaired) electrons. The van der Waals surface area contributed by atoms with Crippen LogP contribution in [-0.4, -0.2) is 47.7 Å². The van der Waals surface area contributed by atoms with E-state index in [0.717, 1.165) is 6.42 Å². The van der Waals surface area contributed by atoms with Crippen LogP contribution < -0.4 is 0 Å². The van der Waals surface area contributed by atoms with Gasteiger partial charge in [-0.2, -0.15) is 0 Å². The highest BCUT2D eigenvalue weighted by atomic mass is 16.7. The highest BCUT2D eigenvalue weighted by Crippen LogP contribution is 2.28. The highest BCUT2D eigenvalue weighted by molar-refractivity contribution is 4.94. The molecular formula is C10H16O5. The molecule has 2 unspecified atom stereocenters. The van der Waals surface area contributed by atoms with Gasteiger partial charge in [-0.25, -0.2) is 0 Å². The first-order chi connectivity index (χ1) is 7.22. The number of hydrogen-bond donors (Lipinski definition) is 2. The molecule has 2 aliphatic heterocycles. The fourth-order valence-corrected chi connectivity index (χ4v) is 1.75. The van der Waals surface area contributed by atoms with Crippen molar-refractivity contribution in [1.29, 1.82) is 0 Å². The summed E-state index contributed by atoms with van der Waals surface area (Å²) in [6, 6.07) is 0. The normalized spacial score (nSPS) is 45.9.